The van der Waals surface area contributed by atoms with Crippen molar-refractivity contribution in [2.24, 2.45) is 0 Å². The first-order valence-corrected chi connectivity index (χ1v) is 12.3. The Hall–Kier alpha value is -1.01. The first kappa shape index (κ1) is 39.5. The van der Waals surface area contributed by atoms with E-state index in [4.69, 9.17) is 15.4 Å². The zero-order valence-corrected chi connectivity index (χ0v) is 21.7. The minimum absolute atomic E-state index is 0. The smallest absolute Gasteiger partial charge is 0.789 e. The first-order valence-electron chi connectivity index (χ1n) is 7.87. The summed E-state index contributed by atoms with van der Waals surface area (Å²) in [6.07, 6.45) is -3.92. The number of anilines is 1. The topological polar surface area (TPSA) is 428 Å². The van der Waals surface area contributed by atoms with Crippen LogP contribution in [0.5, 0.6) is 0 Å². The van der Waals surface area contributed by atoms with Crippen LogP contribution in [0, 0.1) is 0 Å². The summed E-state index contributed by atoms with van der Waals surface area (Å²) in [5.41, 5.74) is 5.94. The number of hydrogen-bond donors (Lipinski definition) is 8. The Bertz CT molecular complexity index is 1120. The number of phosphoric ester groups is 1. The Morgan fingerprint density at radius 2 is 1.61 bits per heavy atom. The van der Waals surface area contributed by atoms with Crippen LogP contribution in [-0.2, 0) is 48.4 Å². The normalized spacial score (nSPS) is 24.5. The van der Waals surface area contributed by atoms with Crippen LogP contribution in [0.25, 0.3) is 11.2 Å². The number of ether oxygens (including phenoxy) is 1. The molecule has 6 atom stereocenters. The molecule has 1 saturated heterocycles. The third kappa shape index (κ3) is 9.38. The van der Waals surface area contributed by atoms with Gasteiger partial charge in [0.2, 0.25) is 0 Å². The van der Waals surface area contributed by atoms with E-state index in [1.54, 1.807) is 0 Å². The SMILES string of the molecule is N.N.N.N.Nc1ncnc2c1ncn2C1OC(COP(=O)([O-])OP(=O)(O)OP(=O)([O-])[O-])C(O)C1O.[Co+3]. The number of aliphatic hydroxyl groups excluding tert-OH is 2. The molecule has 1 aliphatic heterocycles. The quantitative estimate of drug-likeness (QED) is 0.136. The number of fused-ring (bicyclic) bond motifs is 1. The minimum Gasteiger partial charge on any atom is -0.789 e. The molecule has 0 aromatic carbocycles. The van der Waals surface area contributed by atoms with Gasteiger partial charge in [-0.05, 0) is 0 Å². The van der Waals surface area contributed by atoms with Crippen molar-refractivity contribution in [1.29, 1.82) is 0 Å². The number of nitrogens with two attached hydrogens (primary N) is 1. The van der Waals surface area contributed by atoms with Gasteiger partial charge < -0.3 is 73.9 Å². The second-order valence-electron chi connectivity index (χ2n) is 5.95. The van der Waals surface area contributed by atoms with Crippen molar-refractivity contribution < 1.29 is 78.1 Å². The largest absolute Gasteiger partial charge is 3.00 e. The van der Waals surface area contributed by atoms with Gasteiger partial charge in [0.15, 0.2) is 17.7 Å². The molecule has 1 fully saturated rings. The summed E-state index contributed by atoms with van der Waals surface area (Å²) in [5.74, 6) is 0.0254. The molecule has 0 aliphatic carbocycles. The summed E-state index contributed by atoms with van der Waals surface area (Å²) in [7, 11) is -17.7. The second-order valence-corrected chi connectivity index (χ2v) is 10.2. The maximum atomic E-state index is 11.6. The van der Waals surface area contributed by atoms with Crippen molar-refractivity contribution in [2.75, 3.05) is 12.3 Å². The number of nitrogens with zero attached hydrogens (tertiary/aromatic N) is 4. The van der Waals surface area contributed by atoms with Gasteiger partial charge in [0.05, 0.1) is 20.8 Å². The van der Waals surface area contributed by atoms with Gasteiger partial charge in [-0.3, -0.25) is 13.4 Å². The van der Waals surface area contributed by atoms with Crippen LogP contribution in [0.1, 0.15) is 6.23 Å². The van der Waals surface area contributed by atoms with Crippen molar-refractivity contribution >= 4 is 40.4 Å². The maximum Gasteiger partial charge on any atom is 3.00 e. The molecule has 2 aromatic heterocycles. The van der Waals surface area contributed by atoms with E-state index in [9.17, 15) is 38.6 Å². The van der Waals surface area contributed by atoms with Crippen LogP contribution < -0.4 is 45.0 Å². The van der Waals surface area contributed by atoms with Crippen molar-refractivity contribution in [1.82, 2.24) is 44.1 Å². The van der Waals surface area contributed by atoms with E-state index in [1.165, 1.54) is 10.9 Å². The first-order chi connectivity index (χ1) is 14.2. The van der Waals surface area contributed by atoms with Crippen LogP contribution in [0.4, 0.5) is 5.82 Å². The van der Waals surface area contributed by atoms with Crippen molar-refractivity contribution in [3.63, 3.8) is 0 Å². The van der Waals surface area contributed by atoms with E-state index in [0.29, 0.717) is 0 Å². The summed E-state index contributed by atoms with van der Waals surface area (Å²) in [5, 5.41) is 20.3. The summed E-state index contributed by atoms with van der Waals surface area (Å²) >= 11 is 0. The summed E-state index contributed by atoms with van der Waals surface area (Å²) < 4.78 is 50.7. The molecule has 36 heavy (non-hydrogen) atoms. The summed E-state index contributed by atoms with van der Waals surface area (Å²) in [6, 6.07) is 0. The average molecular weight is 631 g/mol. The van der Waals surface area contributed by atoms with Gasteiger partial charge in [0.25, 0.3) is 7.82 Å². The molecule has 17 N–H and O–H groups in total. The van der Waals surface area contributed by atoms with Crippen LogP contribution >= 0.6 is 23.5 Å². The standard InChI is InChI=1S/C10H16N5O13P3.Co.4H3N/c11-8-5-9(13-2-12-8)15(3-14-5)10-7(17)6(16)4(26-10)1-25-30(21,22)28-31(23,24)27-29(18,19)20;;;;;/h2-4,6-7,10,16-17H,1H2,(H,21,22)(H,23,24)(H2,11,12,13)(H2,18,19,20);;4*1H3/q;+3;;;;/p-3. The number of imidazole rings is 1. The Balaban J connectivity index is -0.00000218. The van der Waals surface area contributed by atoms with Gasteiger partial charge in [-0.2, -0.15) is 0 Å². The van der Waals surface area contributed by atoms with E-state index in [-0.39, 0.29) is 58.4 Å². The number of rotatable bonds is 8. The molecule has 2 aromatic rings. The zero-order valence-electron chi connectivity index (χ0n) is 18.0. The molecular weight excluding hydrogens is 606 g/mol. The van der Waals surface area contributed by atoms with E-state index in [2.05, 4.69) is 28.1 Å². The molecule has 212 valence electrons. The molecule has 0 radical (unpaired) electrons. The zero-order chi connectivity index (χ0) is 23.2. The molecule has 3 heterocycles. The average Bonchev–Trinajstić information content (AvgIpc) is 3.13. The second kappa shape index (κ2) is 14.2. The Labute approximate surface area is 212 Å². The van der Waals surface area contributed by atoms with Crippen molar-refractivity contribution in [3.8, 4) is 0 Å². The molecular formula is C10H25CoN9O13P3. The number of hydrogen-bond acceptors (Lipinski definition) is 20. The van der Waals surface area contributed by atoms with E-state index >= 15 is 0 Å². The van der Waals surface area contributed by atoms with Crippen molar-refractivity contribution in [3.05, 3.63) is 12.7 Å². The molecule has 0 saturated carbocycles. The monoisotopic (exact) mass is 631 g/mol. The van der Waals surface area contributed by atoms with Gasteiger partial charge in [0.1, 0.15) is 30.2 Å². The van der Waals surface area contributed by atoms with Gasteiger partial charge in [0, 0.05) is 0 Å². The van der Waals surface area contributed by atoms with Crippen LogP contribution in [0.15, 0.2) is 12.7 Å². The number of phosphoric acid groups is 3. The van der Waals surface area contributed by atoms with Gasteiger partial charge in [-0.25, -0.2) is 23.8 Å². The Morgan fingerprint density at radius 3 is 2.17 bits per heavy atom. The fourth-order valence-corrected chi connectivity index (χ4v) is 5.54. The molecule has 3 rings (SSSR count). The number of nitrogen functional groups attached to an aromatic ring is 1. The van der Waals surface area contributed by atoms with Gasteiger partial charge in [-0.1, -0.05) is 0 Å². The predicted octanol–water partition coefficient (Wildman–Crippen LogP) is -2.88. The molecule has 0 bridgehead atoms. The van der Waals surface area contributed by atoms with Crippen LogP contribution in [0.2, 0.25) is 0 Å². The maximum absolute atomic E-state index is 11.6. The van der Waals surface area contributed by atoms with Gasteiger partial charge in [-0.15, -0.1) is 0 Å². The molecule has 6 unspecified atom stereocenters. The predicted molar refractivity (Wildman–Crippen MR) is 109 cm³/mol. The minimum atomic E-state index is -6.07. The fraction of sp³-hybridized carbons (Fsp3) is 0.500. The fourth-order valence-electron chi connectivity index (χ4n) is 2.61. The molecule has 0 spiro atoms. The molecule has 22 nitrogen and oxygen atoms in total. The van der Waals surface area contributed by atoms with E-state index < -0.39 is 54.6 Å². The number of aliphatic hydroxyl groups is 2. The Morgan fingerprint density at radius 1 is 1.03 bits per heavy atom. The number of aromatic nitrogens is 4. The summed E-state index contributed by atoms with van der Waals surface area (Å²) in [6.45, 7) is -1.05. The molecule has 26 heteroatoms. The van der Waals surface area contributed by atoms with Crippen LogP contribution in [-0.4, -0.2) is 59.5 Å². The summed E-state index contributed by atoms with van der Waals surface area (Å²) in [4.78, 5) is 52.9. The van der Waals surface area contributed by atoms with Crippen LogP contribution in [0.3, 0.4) is 0 Å². The molecule has 0 amide bonds. The third-order valence-electron chi connectivity index (χ3n) is 3.80. The van der Waals surface area contributed by atoms with Gasteiger partial charge >= 0.3 is 24.6 Å². The van der Waals surface area contributed by atoms with E-state index in [0.717, 1.165) is 6.33 Å². The Kier molecular flexibility index (Phi) is 15.6. The third-order valence-corrected chi connectivity index (χ3v) is 7.52. The van der Waals surface area contributed by atoms with Crippen molar-refractivity contribution in [2.45, 2.75) is 24.5 Å². The molecule has 1 aliphatic rings. The van der Waals surface area contributed by atoms with E-state index in [1.807, 2.05) is 0 Å².